The summed E-state index contributed by atoms with van der Waals surface area (Å²) in [6, 6.07) is 0.0765. The third-order valence-corrected chi connectivity index (χ3v) is 4.68. The topological polar surface area (TPSA) is 118 Å². The number of aryl methyl sites for hydroxylation is 1. The Labute approximate surface area is 118 Å². The minimum Gasteiger partial charge on any atom is -0.348 e. The Bertz CT molecular complexity index is 608. The number of sulfonamides is 1. The van der Waals surface area contributed by atoms with Crippen molar-refractivity contribution in [2.45, 2.75) is 50.5 Å². The van der Waals surface area contributed by atoms with Crippen molar-refractivity contribution >= 4 is 15.9 Å². The standard InChI is InChI=1S/C12H20N4O3S/c1-3-9-11(20(13,18)19)10(16-15-9)12(17)14-8-5-4-7(2)6-8/h7-8H,3-6H2,1-2H3,(H,14,17)(H,15,16)(H2,13,18,19). The van der Waals surface area contributed by atoms with E-state index in [1.165, 1.54) is 0 Å². The number of nitrogens with two attached hydrogens (primary N) is 1. The first-order valence-corrected chi connectivity index (χ1v) is 8.28. The van der Waals surface area contributed by atoms with E-state index < -0.39 is 15.9 Å². The van der Waals surface area contributed by atoms with Crippen LogP contribution in [0.2, 0.25) is 0 Å². The van der Waals surface area contributed by atoms with Crippen LogP contribution in [0.3, 0.4) is 0 Å². The van der Waals surface area contributed by atoms with Crippen molar-refractivity contribution in [1.29, 1.82) is 0 Å². The fourth-order valence-electron chi connectivity index (χ4n) is 2.66. The lowest BCUT2D eigenvalue weighted by molar-refractivity contribution is 0.0929. The van der Waals surface area contributed by atoms with Gasteiger partial charge in [-0.25, -0.2) is 13.6 Å². The largest absolute Gasteiger partial charge is 0.348 e. The predicted octanol–water partition coefficient (Wildman–Crippen LogP) is 0.538. The van der Waals surface area contributed by atoms with Gasteiger partial charge in [0.1, 0.15) is 4.90 Å². The lowest BCUT2D eigenvalue weighted by Gasteiger charge is -2.11. The molecule has 1 amide bonds. The highest BCUT2D eigenvalue weighted by Crippen LogP contribution is 2.25. The maximum atomic E-state index is 12.2. The molecule has 1 heterocycles. The zero-order valence-electron chi connectivity index (χ0n) is 11.6. The summed E-state index contributed by atoms with van der Waals surface area (Å²) in [7, 11) is -3.98. The first kappa shape index (κ1) is 15.0. The maximum Gasteiger partial charge on any atom is 0.273 e. The van der Waals surface area contributed by atoms with Crippen molar-refractivity contribution in [2.24, 2.45) is 11.1 Å². The van der Waals surface area contributed by atoms with Crippen LogP contribution in [0.15, 0.2) is 4.90 Å². The molecule has 7 nitrogen and oxygen atoms in total. The van der Waals surface area contributed by atoms with Gasteiger partial charge in [0.2, 0.25) is 10.0 Å². The Morgan fingerprint density at radius 1 is 1.50 bits per heavy atom. The molecule has 0 aromatic carbocycles. The average Bonchev–Trinajstić information content (AvgIpc) is 2.94. The van der Waals surface area contributed by atoms with Crippen LogP contribution < -0.4 is 10.5 Å². The van der Waals surface area contributed by atoms with E-state index in [4.69, 9.17) is 5.14 Å². The van der Waals surface area contributed by atoms with E-state index in [1.54, 1.807) is 6.92 Å². The predicted molar refractivity (Wildman–Crippen MR) is 73.6 cm³/mol. The number of carbonyl (C=O) groups is 1. The number of aromatic nitrogens is 2. The highest BCUT2D eigenvalue weighted by Gasteiger charge is 2.29. The smallest absolute Gasteiger partial charge is 0.273 e. The van der Waals surface area contributed by atoms with Crippen molar-refractivity contribution in [3.63, 3.8) is 0 Å². The molecule has 0 radical (unpaired) electrons. The molecular formula is C12H20N4O3S. The van der Waals surface area contributed by atoms with Gasteiger partial charge in [0, 0.05) is 6.04 Å². The van der Waals surface area contributed by atoms with Crippen LogP contribution in [-0.4, -0.2) is 30.6 Å². The quantitative estimate of drug-likeness (QED) is 0.752. The molecule has 4 N–H and O–H groups in total. The molecule has 1 aromatic heterocycles. The summed E-state index contributed by atoms with van der Waals surface area (Å²) in [6.07, 6.45) is 3.28. The molecule has 0 saturated heterocycles. The van der Waals surface area contributed by atoms with Crippen LogP contribution in [0.4, 0.5) is 0 Å². The molecule has 1 aromatic rings. The summed E-state index contributed by atoms with van der Waals surface area (Å²) < 4.78 is 23.3. The van der Waals surface area contributed by atoms with Crippen molar-refractivity contribution in [3.05, 3.63) is 11.4 Å². The maximum absolute atomic E-state index is 12.2. The molecule has 0 aliphatic heterocycles. The molecule has 1 fully saturated rings. The molecular weight excluding hydrogens is 280 g/mol. The Kier molecular flexibility index (Phi) is 4.14. The third kappa shape index (κ3) is 3.01. The number of amides is 1. The highest BCUT2D eigenvalue weighted by molar-refractivity contribution is 7.89. The van der Waals surface area contributed by atoms with Gasteiger partial charge in [-0.1, -0.05) is 13.8 Å². The molecule has 1 aliphatic rings. The van der Waals surface area contributed by atoms with E-state index in [2.05, 4.69) is 22.4 Å². The molecule has 2 rings (SSSR count). The van der Waals surface area contributed by atoms with Crippen molar-refractivity contribution in [2.75, 3.05) is 0 Å². The first-order valence-electron chi connectivity index (χ1n) is 6.73. The van der Waals surface area contributed by atoms with Crippen LogP contribution in [-0.2, 0) is 16.4 Å². The second kappa shape index (κ2) is 5.53. The Morgan fingerprint density at radius 2 is 2.20 bits per heavy atom. The Hall–Kier alpha value is -1.41. The Morgan fingerprint density at radius 3 is 2.70 bits per heavy atom. The number of nitrogens with one attached hydrogen (secondary N) is 2. The van der Waals surface area contributed by atoms with Gasteiger partial charge < -0.3 is 5.32 Å². The van der Waals surface area contributed by atoms with E-state index in [0.717, 1.165) is 19.3 Å². The van der Waals surface area contributed by atoms with Gasteiger partial charge in [0.25, 0.3) is 5.91 Å². The number of primary sulfonamides is 1. The molecule has 112 valence electrons. The van der Waals surface area contributed by atoms with Gasteiger partial charge >= 0.3 is 0 Å². The van der Waals surface area contributed by atoms with Crippen LogP contribution in [0, 0.1) is 5.92 Å². The molecule has 0 bridgehead atoms. The number of H-pyrrole nitrogens is 1. The summed E-state index contributed by atoms with van der Waals surface area (Å²) in [5, 5.41) is 14.4. The zero-order valence-corrected chi connectivity index (χ0v) is 12.5. The number of hydrogen-bond acceptors (Lipinski definition) is 4. The summed E-state index contributed by atoms with van der Waals surface area (Å²) >= 11 is 0. The van der Waals surface area contributed by atoms with Gasteiger partial charge in [0.05, 0.1) is 5.69 Å². The Balaban J connectivity index is 2.24. The first-order chi connectivity index (χ1) is 9.32. The second-order valence-corrected chi connectivity index (χ2v) is 6.87. The van der Waals surface area contributed by atoms with E-state index in [-0.39, 0.29) is 16.6 Å². The van der Waals surface area contributed by atoms with Gasteiger partial charge in [-0.15, -0.1) is 0 Å². The number of rotatable bonds is 4. The summed E-state index contributed by atoms with van der Waals surface area (Å²) in [6.45, 7) is 3.90. The van der Waals surface area contributed by atoms with Gasteiger partial charge in [0.15, 0.2) is 5.69 Å². The van der Waals surface area contributed by atoms with Crippen LogP contribution >= 0.6 is 0 Å². The average molecular weight is 300 g/mol. The number of aromatic amines is 1. The third-order valence-electron chi connectivity index (χ3n) is 3.68. The molecule has 0 spiro atoms. The SMILES string of the molecule is CCc1[nH]nc(C(=O)NC2CCC(C)C2)c1S(N)(=O)=O. The van der Waals surface area contributed by atoms with Gasteiger partial charge in [-0.3, -0.25) is 9.89 Å². The number of nitrogens with zero attached hydrogens (tertiary/aromatic N) is 1. The fourth-order valence-corrected chi connectivity index (χ4v) is 3.60. The number of carbonyl (C=O) groups excluding carboxylic acids is 1. The van der Waals surface area contributed by atoms with Crippen molar-refractivity contribution < 1.29 is 13.2 Å². The number of hydrogen-bond donors (Lipinski definition) is 3. The molecule has 8 heteroatoms. The summed E-state index contributed by atoms with van der Waals surface area (Å²) in [4.78, 5) is 12.0. The molecule has 2 atom stereocenters. The van der Waals surface area contributed by atoms with E-state index in [9.17, 15) is 13.2 Å². The van der Waals surface area contributed by atoms with Crippen molar-refractivity contribution in [1.82, 2.24) is 15.5 Å². The minimum atomic E-state index is -3.98. The lowest BCUT2D eigenvalue weighted by Crippen LogP contribution is -2.34. The second-order valence-electron chi connectivity index (χ2n) is 5.37. The van der Waals surface area contributed by atoms with E-state index in [1.807, 2.05) is 0 Å². The lowest BCUT2D eigenvalue weighted by atomic mass is 10.1. The monoisotopic (exact) mass is 300 g/mol. The van der Waals surface area contributed by atoms with Gasteiger partial charge in [-0.05, 0) is 31.6 Å². The van der Waals surface area contributed by atoms with E-state index >= 15 is 0 Å². The van der Waals surface area contributed by atoms with E-state index in [0.29, 0.717) is 18.0 Å². The fraction of sp³-hybridized carbons (Fsp3) is 0.667. The molecule has 1 saturated carbocycles. The van der Waals surface area contributed by atoms with Crippen LogP contribution in [0.25, 0.3) is 0 Å². The summed E-state index contributed by atoms with van der Waals surface area (Å²) in [5.74, 6) is 0.0903. The van der Waals surface area contributed by atoms with Crippen LogP contribution in [0.5, 0.6) is 0 Å². The summed E-state index contributed by atoms with van der Waals surface area (Å²) in [5.41, 5.74) is 0.223. The zero-order chi connectivity index (χ0) is 14.9. The minimum absolute atomic E-state index is 0.0765. The van der Waals surface area contributed by atoms with Crippen molar-refractivity contribution in [3.8, 4) is 0 Å². The van der Waals surface area contributed by atoms with Gasteiger partial charge in [-0.2, -0.15) is 5.10 Å². The molecule has 20 heavy (non-hydrogen) atoms. The molecule has 1 aliphatic carbocycles. The highest BCUT2D eigenvalue weighted by atomic mass is 32.2. The van der Waals surface area contributed by atoms with Crippen LogP contribution in [0.1, 0.15) is 49.3 Å². The molecule has 2 unspecified atom stereocenters. The normalized spacial score (nSPS) is 22.9.